The van der Waals surface area contributed by atoms with Crippen molar-refractivity contribution in [3.8, 4) is 5.75 Å². The molecule has 28 heavy (non-hydrogen) atoms. The Labute approximate surface area is 167 Å². The molecular weight excluding hydrogens is 357 g/mol. The van der Waals surface area contributed by atoms with Gasteiger partial charge >= 0.3 is 0 Å². The standard InChI is InChI=1S/C22H32FN3O2/c1-2-24-16-20(28-19-9-7-17(23)8-10-19)15-21(24)22(27)26-12-4-11-25(13-14-26)18-5-3-6-18/h7-10,18,20-21H,2-6,11-16H2,1H3/t20?,21-/m0/s1. The molecule has 0 radical (unpaired) electrons. The summed E-state index contributed by atoms with van der Waals surface area (Å²) in [7, 11) is 0. The van der Waals surface area contributed by atoms with E-state index < -0.39 is 0 Å². The zero-order chi connectivity index (χ0) is 19.5. The first-order valence-corrected chi connectivity index (χ1v) is 10.8. The summed E-state index contributed by atoms with van der Waals surface area (Å²) in [6.07, 6.45) is 5.74. The number of rotatable bonds is 5. The summed E-state index contributed by atoms with van der Waals surface area (Å²) in [6, 6.07) is 6.79. The van der Waals surface area contributed by atoms with Gasteiger partial charge in [0, 0.05) is 45.2 Å². The van der Waals surface area contributed by atoms with Gasteiger partial charge in [-0.15, -0.1) is 0 Å². The molecule has 6 heteroatoms. The van der Waals surface area contributed by atoms with E-state index in [0.717, 1.165) is 51.7 Å². The molecule has 2 atom stereocenters. The normalized spacial score (nSPS) is 27.4. The minimum Gasteiger partial charge on any atom is -0.489 e. The summed E-state index contributed by atoms with van der Waals surface area (Å²) in [6.45, 7) is 7.50. The minimum absolute atomic E-state index is 0.0298. The van der Waals surface area contributed by atoms with Gasteiger partial charge in [0.05, 0.1) is 6.04 Å². The van der Waals surface area contributed by atoms with E-state index in [9.17, 15) is 9.18 Å². The van der Waals surface area contributed by atoms with Crippen LogP contribution in [0.1, 0.15) is 39.0 Å². The van der Waals surface area contributed by atoms with Crippen molar-refractivity contribution in [3.63, 3.8) is 0 Å². The second-order valence-corrected chi connectivity index (χ2v) is 8.33. The third kappa shape index (κ3) is 4.33. The molecular formula is C22H32FN3O2. The molecule has 1 unspecified atom stereocenters. The van der Waals surface area contributed by atoms with Crippen molar-refractivity contribution in [2.75, 3.05) is 39.3 Å². The molecule has 1 aromatic rings. The summed E-state index contributed by atoms with van der Waals surface area (Å²) < 4.78 is 19.1. The van der Waals surface area contributed by atoms with E-state index in [1.165, 1.54) is 31.4 Å². The highest BCUT2D eigenvalue weighted by molar-refractivity contribution is 5.82. The van der Waals surface area contributed by atoms with Crippen LogP contribution in [0, 0.1) is 5.82 Å². The molecule has 1 saturated carbocycles. The Morgan fingerprint density at radius 3 is 2.57 bits per heavy atom. The fraction of sp³-hybridized carbons (Fsp3) is 0.682. The molecule has 0 N–H and O–H groups in total. The molecule has 2 aliphatic heterocycles. The van der Waals surface area contributed by atoms with Crippen molar-refractivity contribution >= 4 is 5.91 Å². The molecule has 5 nitrogen and oxygen atoms in total. The number of likely N-dealkylation sites (N-methyl/N-ethyl adjacent to an activating group) is 1. The van der Waals surface area contributed by atoms with Crippen LogP contribution in [0.5, 0.6) is 5.75 Å². The molecule has 2 saturated heterocycles. The van der Waals surface area contributed by atoms with Gasteiger partial charge in [-0.1, -0.05) is 13.3 Å². The maximum atomic E-state index is 13.3. The molecule has 3 fully saturated rings. The van der Waals surface area contributed by atoms with Gasteiger partial charge in [-0.25, -0.2) is 4.39 Å². The van der Waals surface area contributed by atoms with E-state index in [-0.39, 0.29) is 23.9 Å². The molecule has 154 valence electrons. The van der Waals surface area contributed by atoms with Crippen LogP contribution in [-0.2, 0) is 4.79 Å². The van der Waals surface area contributed by atoms with Crippen molar-refractivity contribution in [1.82, 2.24) is 14.7 Å². The average molecular weight is 390 g/mol. The monoisotopic (exact) mass is 389 g/mol. The third-order valence-corrected chi connectivity index (χ3v) is 6.61. The van der Waals surface area contributed by atoms with E-state index >= 15 is 0 Å². The van der Waals surface area contributed by atoms with Crippen LogP contribution in [-0.4, -0.2) is 78.1 Å². The van der Waals surface area contributed by atoms with Gasteiger partial charge in [-0.2, -0.15) is 0 Å². The Morgan fingerprint density at radius 2 is 1.89 bits per heavy atom. The first-order valence-electron chi connectivity index (χ1n) is 10.8. The first-order chi connectivity index (χ1) is 13.6. The van der Waals surface area contributed by atoms with E-state index in [1.807, 2.05) is 0 Å². The van der Waals surface area contributed by atoms with Gasteiger partial charge in [0.25, 0.3) is 0 Å². The number of benzene rings is 1. The first kappa shape index (κ1) is 19.6. The molecule has 4 rings (SSSR count). The molecule has 2 heterocycles. The lowest BCUT2D eigenvalue weighted by atomic mass is 9.91. The summed E-state index contributed by atoms with van der Waals surface area (Å²) in [5.74, 6) is 0.656. The largest absolute Gasteiger partial charge is 0.489 e. The SMILES string of the molecule is CCN1CC(Oc2ccc(F)cc2)C[C@H]1C(=O)N1CCCN(C2CCC2)CC1. The lowest BCUT2D eigenvalue weighted by molar-refractivity contribution is -0.135. The number of hydrogen-bond acceptors (Lipinski definition) is 4. The average Bonchev–Trinajstić information content (AvgIpc) is 2.91. The third-order valence-electron chi connectivity index (χ3n) is 6.61. The fourth-order valence-electron chi connectivity index (χ4n) is 4.74. The van der Waals surface area contributed by atoms with Gasteiger partial charge < -0.3 is 9.64 Å². The van der Waals surface area contributed by atoms with E-state index in [2.05, 4.69) is 21.6 Å². The van der Waals surface area contributed by atoms with E-state index in [0.29, 0.717) is 12.2 Å². The van der Waals surface area contributed by atoms with Crippen molar-refractivity contribution in [2.45, 2.75) is 57.2 Å². The van der Waals surface area contributed by atoms with Crippen LogP contribution >= 0.6 is 0 Å². The maximum Gasteiger partial charge on any atom is 0.240 e. The lowest BCUT2D eigenvalue weighted by Gasteiger charge is -2.36. The van der Waals surface area contributed by atoms with Crippen LogP contribution < -0.4 is 4.74 Å². The summed E-state index contributed by atoms with van der Waals surface area (Å²) >= 11 is 0. The van der Waals surface area contributed by atoms with Crippen LogP contribution in [0.15, 0.2) is 24.3 Å². The zero-order valence-electron chi connectivity index (χ0n) is 16.9. The predicted octanol–water partition coefficient (Wildman–Crippen LogP) is 2.75. The Balaban J connectivity index is 1.35. The number of amides is 1. The molecule has 0 bridgehead atoms. The topological polar surface area (TPSA) is 36.0 Å². The number of halogens is 1. The summed E-state index contributed by atoms with van der Waals surface area (Å²) in [5.41, 5.74) is 0. The van der Waals surface area contributed by atoms with Crippen molar-refractivity contribution in [2.24, 2.45) is 0 Å². The van der Waals surface area contributed by atoms with E-state index in [1.54, 1.807) is 12.1 Å². The Kier molecular flexibility index (Phi) is 6.16. The Morgan fingerprint density at radius 1 is 1.11 bits per heavy atom. The van der Waals surface area contributed by atoms with Gasteiger partial charge in [0.1, 0.15) is 17.7 Å². The quantitative estimate of drug-likeness (QED) is 0.776. The van der Waals surface area contributed by atoms with Crippen molar-refractivity contribution in [1.29, 1.82) is 0 Å². The highest BCUT2D eigenvalue weighted by atomic mass is 19.1. The number of carbonyl (C=O) groups excluding carboxylic acids is 1. The number of ether oxygens (including phenoxy) is 1. The van der Waals surface area contributed by atoms with E-state index in [4.69, 9.17) is 4.74 Å². The zero-order valence-corrected chi connectivity index (χ0v) is 16.9. The van der Waals surface area contributed by atoms with Crippen LogP contribution in [0.2, 0.25) is 0 Å². The minimum atomic E-state index is -0.265. The van der Waals surface area contributed by atoms with Gasteiger partial charge in [-0.3, -0.25) is 14.6 Å². The summed E-state index contributed by atoms with van der Waals surface area (Å²) in [5, 5.41) is 0. The number of likely N-dealkylation sites (tertiary alicyclic amines) is 1. The molecule has 1 aliphatic carbocycles. The van der Waals surface area contributed by atoms with Gasteiger partial charge in [0.2, 0.25) is 5.91 Å². The predicted molar refractivity (Wildman–Crippen MR) is 107 cm³/mol. The van der Waals surface area contributed by atoms with Gasteiger partial charge in [0.15, 0.2) is 0 Å². The smallest absolute Gasteiger partial charge is 0.240 e. The number of hydrogen-bond donors (Lipinski definition) is 0. The Bertz CT molecular complexity index is 664. The lowest BCUT2D eigenvalue weighted by Crippen LogP contribution is -2.47. The van der Waals surface area contributed by atoms with Crippen molar-refractivity contribution in [3.05, 3.63) is 30.1 Å². The molecule has 0 spiro atoms. The van der Waals surface area contributed by atoms with Crippen LogP contribution in [0.4, 0.5) is 4.39 Å². The molecule has 0 aromatic heterocycles. The second kappa shape index (κ2) is 8.78. The molecule has 1 aromatic carbocycles. The fourth-order valence-corrected chi connectivity index (χ4v) is 4.74. The van der Waals surface area contributed by atoms with Crippen LogP contribution in [0.3, 0.4) is 0 Å². The molecule has 1 amide bonds. The van der Waals surface area contributed by atoms with Crippen LogP contribution in [0.25, 0.3) is 0 Å². The second-order valence-electron chi connectivity index (χ2n) is 8.33. The summed E-state index contributed by atoms with van der Waals surface area (Å²) in [4.78, 5) is 20.2. The molecule has 3 aliphatic rings. The van der Waals surface area contributed by atoms with Crippen molar-refractivity contribution < 1.29 is 13.9 Å². The number of nitrogens with zero attached hydrogens (tertiary/aromatic N) is 3. The Hall–Kier alpha value is -1.66. The number of carbonyl (C=O) groups is 1. The maximum absolute atomic E-state index is 13.3. The highest BCUT2D eigenvalue weighted by Gasteiger charge is 2.39. The highest BCUT2D eigenvalue weighted by Crippen LogP contribution is 2.27. The van der Waals surface area contributed by atoms with Gasteiger partial charge in [-0.05, 0) is 50.1 Å².